The topological polar surface area (TPSA) is 173 Å². The molecule has 224 valence electrons. The number of carbonyl (C=O) groups is 5. The van der Waals surface area contributed by atoms with E-state index in [1.165, 1.54) is 12.5 Å². The standard InChI is InChI=1S/C27H40N2O10S/c1-15(2)6-8-19-26(4,39-19)23-22(36-5)18(10-11-27(23)14-37-27)38-25(35)29-21(32)13-40-12-17(24(33)34)28-20(31)9-7-16(3)30/h6,17-19,22-23H,7-14H2,1-5H3,(H,28,31)(H,33,34)(H,29,32,35)/t17-,18-,19-,22-,23-,26?,27+/m1/s1. The molecule has 0 aromatic heterocycles. The van der Waals surface area contributed by atoms with E-state index in [1.807, 2.05) is 20.8 Å². The molecular formula is C27H40N2O10S. The Morgan fingerprint density at radius 3 is 2.42 bits per heavy atom. The Hall–Kier alpha value is -2.48. The van der Waals surface area contributed by atoms with Crippen molar-refractivity contribution in [2.24, 2.45) is 5.92 Å². The molecule has 0 aromatic carbocycles. The molecule has 2 heterocycles. The third-order valence-electron chi connectivity index (χ3n) is 7.59. The van der Waals surface area contributed by atoms with Crippen LogP contribution in [0.25, 0.3) is 0 Å². The van der Waals surface area contributed by atoms with E-state index in [2.05, 4.69) is 16.7 Å². The predicted molar refractivity (Wildman–Crippen MR) is 145 cm³/mol. The molecule has 0 bridgehead atoms. The van der Waals surface area contributed by atoms with Crippen LogP contribution in [0.5, 0.6) is 0 Å². The lowest BCUT2D eigenvalue weighted by Gasteiger charge is -2.42. The van der Waals surface area contributed by atoms with Crippen molar-refractivity contribution in [2.75, 3.05) is 25.2 Å². The first-order chi connectivity index (χ1) is 18.8. The minimum Gasteiger partial charge on any atom is -0.480 e. The van der Waals surface area contributed by atoms with Gasteiger partial charge in [-0.1, -0.05) is 11.6 Å². The second-order valence-electron chi connectivity index (χ2n) is 11.0. The van der Waals surface area contributed by atoms with E-state index in [0.717, 1.165) is 18.2 Å². The highest BCUT2D eigenvalue weighted by atomic mass is 32.2. The van der Waals surface area contributed by atoms with E-state index in [1.54, 1.807) is 7.11 Å². The van der Waals surface area contributed by atoms with Gasteiger partial charge in [0.2, 0.25) is 11.8 Å². The number of imide groups is 1. The van der Waals surface area contributed by atoms with Gasteiger partial charge in [0, 0.05) is 25.7 Å². The van der Waals surface area contributed by atoms with Crippen LogP contribution in [0.1, 0.15) is 59.8 Å². The Kier molecular flexibility index (Phi) is 10.8. The Morgan fingerprint density at radius 2 is 1.85 bits per heavy atom. The first-order valence-electron chi connectivity index (χ1n) is 13.4. The lowest BCUT2D eigenvalue weighted by atomic mass is 9.68. The highest BCUT2D eigenvalue weighted by Gasteiger charge is 2.72. The molecular weight excluding hydrogens is 544 g/mol. The molecule has 3 aliphatic rings. The minimum atomic E-state index is -1.27. The third kappa shape index (κ3) is 8.27. The van der Waals surface area contributed by atoms with Crippen molar-refractivity contribution in [3.63, 3.8) is 0 Å². The maximum atomic E-state index is 12.6. The van der Waals surface area contributed by atoms with Crippen LogP contribution in [0.3, 0.4) is 0 Å². The number of allylic oxidation sites excluding steroid dienone is 1. The van der Waals surface area contributed by atoms with Crippen LogP contribution < -0.4 is 10.6 Å². The number of carboxylic acids is 1. The second-order valence-corrected chi connectivity index (χ2v) is 12.1. The number of ether oxygens (including phenoxy) is 4. The van der Waals surface area contributed by atoms with Crippen molar-refractivity contribution in [3.05, 3.63) is 11.6 Å². The summed E-state index contributed by atoms with van der Waals surface area (Å²) in [6, 6.07) is -1.24. The number of Topliss-reactive ketones (excluding diaryl/α,β-unsaturated/α-hetero) is 1. The summed E-state index contributed by atoms with van der Waals surface area (Å²) in [5, 5.41) is 13.8. The number of nitrogens with one attached hydrogen (secondary N) is 2. The minimum absolute atomic E-state index is 0.00542. The maximum absolute atomic E-state index is 12.6. The number of carbonyl (C=O) groups excluding carboxylic acids is 4. The molecule has 1 aliphatic carbocycles. The number of carboxylic acid groups (broad SMARTS) is 1. The molecule has 2 saturated heterocycles. The van der Waals surface area contributed by atoms with E-state index in [9.17, 15) is 29.1 Å². The summed E-state index contributed by atoms with van der Waals surface area (Å²) in [6.07, 6.45) is 1.95. The Bertz CT molecular complexity index is 1020. The molecule has 1 spiro atoms. The number of hydrogen-bond acceptors (Lipinski definition) is 10. The van der Waals surface area contributed by atoms with Gasteiger partial charge in [-0.15, -0.1) is 11.8 Å². The average molecular weight is 585 g/mol. The van der Waals surface area contributed by atoms with E-state index in [-0.39, 0.29) is 47.8 Å². The number of epoxide rings is 2. The van der Waals surface area contributed by atoms with Gasteiger partial charge in [0.05, 0.1) is 24.4 Å². The first-order valence-corrected chi connectivity index (χ1v) is 14.5. The van der Waals surface area contributed by atoms with Gasteiger partial charge in [-0.05, 0) is 47.0 Å². The molecule has 1 saturated carbocycles. The molecule has 7 atom stereocenters. The van der Waals surface area contributed by atoms with Crippen molar-refractivity contribution in [3.8, 4) is 0 Å². The fourth-order valence-corrected chi connectivity index (χ4v) is 6.22. The van der Waals surface area contributed by atoms with Crippen LogP contribution in [0.2, 0.25) is 0 Å². The Labute approximate surface area is 238 Å². The first kappa shape index (κ1) is 32.0. The number of aliphatic carboxylic acids is 1. The average Bonchev–Trinajstić information content (AvgIpc) is 3.78. The summed E-state index contributed by atoms with van der Waals surface area (Å²) < 4.78 is 23.5. The molecule has 3 N–H and O–H groups in total. The number of thioether (sulfide) groups is 1. The van der Waals surface area contributed by atoms with E-state index >= 15 is 0 Å². The van der Waals surface area contributed by atoms with Crippen LogP contribution >= 0.6 is 11.8 Å². The lowest BCUT2D eigenvalue weighted by molar-refractivity contribution is -0.141. The normalized spacial score (nSPS) is 31.0. The summed E-state index contributed by atoms with van der Waals surface area (Å²) in [4.78, 5) is 59.2. The SMILES string of the molecule is CO[C@H]1[C@H](C2(C)O[C@@H]2CC=C(C)C)[C@]2(CC[C@H]1OC(=O)NC(=O)CSC[C@@H](NC(=O)CCC(C)=O)C(=O)O)CO2. The van der Waals surface area contributed by atoms with E-state index in [4.69, 9.17) is 18.9 Å². The monoisotopic (exact) mass is 584 g/mol. The molecule has 3 rings (SSSR count). The fourth-order valence-electron chi connectivity index (χ4n) is 5.39. The van der Waals surface area contributed by atoms with Gasteiger partial charge in [-0.3, -0.25) is 14.9 Å². The molecule has 40 heavy (non-hydrogen) atoms. The van der Waals surface area contributed by atoms with Crippen molar-refractivity contribution < 1.29 is 48.0 Å². The van der Waals surface area contributed by atoms with Crippen molar-refractivity contribution in [2.45, 2.75) is 95.4 Å². The number of alkyl carbamates (subject to hydrolysis) is 1. The number of hydrogen-bond donors (Lipinski definition) is 3. The van der Waals surface area contributed by atoms with Crippen LogP contribution in [0.15, 0.2) is 11.6 Å². The molecule has 3 fully saturated rings. The zero-order valence-corrected chi connectivity index (χ0v) is 24.5. The van der Waals surface area contributed by atoms with Gasteiger partial charge in [0.1, 0.15) is 35.2 Å². The summed E-state index contributed by atoms with van der Waals surface area (Å²) in [7, 11) is 1.56. The van der Waals surface area contributed by atoms with Gasteiger partial charge in [-0.25, -0.2) is 9.59 Å². The van der Waals surface area contributed by atoms with E-state index in [0.29, 0.717) is 19.4 Å². The van der Waals surface area contributed by atoms with Gasteiger partial charge in [-0.2, -0.15) is 0 Å². The number of amides is 3. The molecule has 2 aliphatic heterocycles. The summed E-state index contributed by atoms with van der Waals surface area (Å²) >= 11 is 0.939. The Balaban J connectivity index is 1.49. The summed E-state index contributed by atoms with van der Waals surface area (Å²) in [6.45, 7) is 8.04. The van der Waals surface area contributed by atoms with Crippen molar-refractivity contribution in [1.82, 2.24) is 10.6 Å². The quantitative estimate of drug-likeness (QED) is 0.201. The molecule has 0 radical (unpaired) electrons. The van der Waals surface area contributed by atoms with Gasteiger partial charge < -0.3 is 34.2 Å². The summed E-state index contributed by atoms with van der Waals surface area (Å²) in [5.41, 5.74) is 0.340. The molecule has 1 unspecified atom stereocenters. The molecule has 13 heteroatoms. The highest BCUT2D eigenvalue weighted by Crippen LogP contribution is 2.59. The van der Waals surface area contributed by atoms with Crippen LogP contribution in [-0.4, -0.2) is 95.5 Å². The second kappa shape index (κ2) is 13.5. The van der Waals surface area contributed by atoms with Gasteiger partial charge in [0.15, 0.2) is 0 Å². The molecule has 0 aromatic rings. The fraction of sp³-hybridized carbons (Fsp3) is 0.741. The van der Waals surface area contributed by atoms with Crippen LogP contribution in [0, 0.1) is 5.92 Å². The van der Waals surface area contributed by atoms with Crippen LogP contribution in [0.4, 0.5) is 4.79 Å². The zero-order chi connectivity index (χ0) is 29.7. The predicted octanol–water partition coefficient (Wildman–Crippen LogP) is 1.99. The van der Waals surface area contributed by atoms with Crippen LogP contribution in [-0.2, 0) is 38.1 Å². The number of methoxy groups -OCH3 is 1. The van der Waals surface area contributed by atoms with Crippen molar-refractivity contribution in [1.29, 1.82) is 0 Å². The zero-order valence-electron chi connectivity index (χ0n) is 23.7. The summed E-state index contributed by atoms with van der Waals surface area (Å²) in [5.74, 6) is -3.16. The van der Waals surface area contributed by atoms with Crippen molar-refractivity contribution >= 4 is 41.4 Å². The van der Waals surface area contributed by atoms with E-state index < -0.39 is 47.7 Å². The Morgan fingerprint density at radius 1 is 1.15 bits per heavy atom. The molecule has 12 nitrogen and oxygen atoms in total. The number of ketones is 1. The highest BCUT2D eigenvalue weighted by molar-refractivity contribution is 8.00. The molecule has 3 amide bonds. The van der Waals surface area contributed by atoms with Gasteiger partial charge >= 0.3 is 12.1 Å². The lowest BCUT2D eigenvalue weighted by Crippen LogP contribution is -2.56. The largest absolute Gasteiger partial charge is 0.480 e. The van der Waals surface area contributed by atoms with Gasteiger partial charge in [0.25, 0.3) is 0 Å². The maximum Gasteiger partial charge on any atom is 0.414 e. The number of rotatable bonds is 14. The third-order valence-corrected chi connectivity index (χ3v) is 8.63. The smallest absolute Gasteiger partial charge is 0.414 e.